The number of rotatable bonds is 3. The van der Waals surface area contributed by atoms with Crippen molar-refractivity contribution >= 4 is 6.09 Å². The summed E-state index contributed by atoms with van der Waals surface area (Å²) in [7, 11) is 0. The van der Waals surface area contributed by atoms with E-state index in [1.807, 2.05) is 30.3 Å². The van der Waals surface area contributed by atoms with Gasteiger partial charge in [-0.3, -0.25) is 0 Å². The van der Waals surface area contributed by atoms with Gasteiger partial charge in [-0.05, 0) is 18.4 Å². The normalized spacial score (nSPS) is 19.4. The Balaban J connectivity index is 1.82. The van der Waals surface area contributed by atoms with E-state index in [1.165, 1.54) is 4.90 Å². The van der Waals surface area contributed by atoms with Crippen LogP contribution in [0.1, 0.15) is 18.4 Å². The van der Waals surface area contributed by atoms with Gasteiger partial charge in [-0.2, -0.15) is 13.2 Å². The molecule has 1 heterocycles. The summed E-state index contributed by atoms with van der Waals surface area (Å²) < 4.78 is 42.0. The molecular weight excluding hydrogens is 285 g/mol. The van der Waals surface area contributed by atoms with E-state index in [4.69, 9.17) is 4.74 Å². The Morgan fingerprint density at radius 2 is 2.05 bits per heavy atom. The van der Waals surface area contributed by atoms with Crippen LogP contribution in [-0.4, -0.2) is 36.4 Å². The first kappa shape index (κ1) is 15.6. The zero-order valence-electron chi connectivity index (χ0n) is 11.4. The SMILES string of the molecule is O=C(OCc1ccccc1)N1CCCC(NC(F)(F)F)C1. The molecule has 0 radical (unpaired) electrons. The Kier molecular flexibility index (Phi) is 5.06. The van der Waals surface area contributed by atoms with Crippen molar-refractivity contribution in [3.63, 3.8) is 0 Å². The van der Waals surface area contributed by atoms with Crippen LogP contribution >= 0.6 is 0 Å². The van der Waals surface area contributed by atoms with Gasteiger partial charge in [-0.25, -0.2) is 10.1 Å². The van der Waals surface area contributed by atoms with Crippen molar-refractivity contribution in [1.29, 1.82) is 0 Å². The van der Waals surface area contributed by atoms with Gasteiger partial charge in [0.1, 0.15) is 6.61 Å². The molecule has 1 aromatic rings. The Labute approximate surface area is 120 Å². The van der Waals surface area contributed by atoms with Gasteiger partial charge in [0.2, 0.25) is 0 Å². The number of benzene rings is 1. The number of alkyl halides is 3. The molecule has 21 heavy (non-hydrogen) atoms. The van der Waals surface area contributed by atoms with Crippen LogP contribution < -0.4 is 5.32 Å². The fourth-order valence-corrected chi connectivity index (χ4v) is 2.30. The number of amides is 1. The third kappa shape index (κ3) is 5.26. The Bertz CT molecular complexity index is 465. The fraction of sp³-hybridized carbons (Fsp3) is 0.500. The molecule has 0 saturated carbocycles. The van der Waals surface area contributed by atoms with Crippen LogP contribution in [-0.2, 0) is 11.3 Å². The zero-order chi connectivity index (χ0) is 15.3. The predicted octanol–water partition coefficient (Wildman–Crippen LogP) is 2.90. The minimum absolute atomic E-state index is 0.00708. The standard InChI is InChI=1S/C14H17F3N2O2/c15-14(16,17)18-12-7-4-8-19(9-12)13(20)21-10-11-5-2-1-3-6-11/h1-3,5-6,12,18H,4,7-10H2. The highest BCUT2D eigenvalue weighted by molar-refractivity contribution is 5.67. The second-order valence-electron chi connectivity index (χ2n) is 4.97. The molecular formula is C14H17F3N2O2. The molecule has 4 nitrogen and oxygen atoms in total. The molecule has 0 spiro atoms. The number of carbonyl (C=O) groups is 1. The monoisotopic (exact) mass is 302 g/mol. The Hall–Kier alpha value is -1.76. The van der Waals surface area contributed by atoms with Crippen molar-refractivity contribution in [1.82, 2.24) is 10.2 Å². The number of likely N-dealkylation sites (tertiary alicyclic amines) is 1. The summed E-state index contributed by atoms with van der Waals surface area (Å²) in [6.45, 7) is 0.546. The molecule has 1 amide bonds. The van der Waals surface area contributed by atoms with Gasteiger partial charge in [0.25, 0.3) is 0 Å². The lowest BCUT2D eigenvalue weighted by Crippen LogP contribution is -2.52. The zero-order valence-corrected chi connectivity index (χ0v) is 11.4. The summed E-state index contributed by atoms with van der Waals surface area (Å²) in [5, 5.41) is 1.57. The van der Waals surface area contributed by atoms with Crippen molar-refractivity contribution in [3.8, 4) is 0 Å². The molecule has 7 heteroatoms. The van der Waals surface area contributed by atoms with Crippen LogP contribution in [0.3, 0.4) is 0 Å². The van der Waals surface area contributed by atoms with Crippen molar-refractivity contribution in [2.45, 2.75) is 31.8 Å². The smallest absolute Gasteiger partial charge is 0.445 e. The molecule has 1 atom stereocenters. The van der Waals surface area contributed by atoms with Crippen molar-refractivity contribution < 1.29 is 22.7 Å². The average Bonchev–Trinajstić information content (AvgIpc) is 2.44. The molecule has 1 aliphatic heterocycles. The van der Waals surface area contributed by atoms with Gasteiger partial charge < -0.3 is 9.64 Å². The Morgan fingerprint density at radius 3 is 2.71 bits per heavy atom. The van der Waals surface area contributed by atoms with Gasteiger partial charge in [0.05, 0.1) is 0 Å². The van der Waals surface area contributed by atoms with Crippen LogP contribution in [0.25, 0.3) is 0 Å². The van der Waals surface area contributed by atoms with E-state index in [1.54, 1.807) is 5.32 Å². The van der Waals surface area contributed by atoms with Crippen LogP contribution in [0.5, 0.6) is 0 Å². The maximum Gasteiger partial charge on any atom is 0.457 e. The quantitative estimate of drug-likeness (QED) is 0.873. The molecule has 1 unspecified atom stereocenters. The van der Waals surface area contributed by atoms with E-state index in [0.717, 1.165) is 5.56 Å². The molecule has 116 valence electrons. The van der Waals surface area contributed by atoms with E-state index < -0.39 is 18.4 Å². The van der Waals surface area contributed by atoms with Crippen molar-refractivity contribution in [3.05, 3.63) is 35.9 Å². The van der Waals surface area contributed by atoms with Crippen LogP contribution in [0.2, 0.25) is 0 Å². The number of carbonyl (C=O) groups excluding carboxylic acids is 1. The number of halogens is 3. The summed E-state index contributed by atoms with van der Waals surface area (Å²) in [6.07, 6.45) is -4.09. The molecule has 1 N–H and O–H groups in total. The topological polar surface area (TPSA) is 41.6 Å². The average molecular weight is 302 g/mol. The van der Waals surface area contributed by atoms with Crippen LogP contribution in [0, 0.1) is 0 Å². The highest BCUT2D eigenvalue weighted by Gasteiger charge is 2.34. The van der Waals surface area contributed by atoms with Crippen LogP contribution in [0.4, 0.5) is 18.0 Å². The van der Waals surface area contributed by atoms with Crippen molar-refractivity contribution in [2.24, 2.45) is 0 Å². The fourth-order valence-electron chi connectivity index (χ4n) is 2.30. The minimum atomic E-state index is -4.43. The number of ether oxygens (including phenoxy) is 1. The molecule has 0 bridgehead atoms. The van der Waals surface area contributed by atoms with Gasteiger partial charge in [0, 0.05) is 19.1 Å². The number of hydrogen-bond acceptors (Lipinski definition) is 3. The summed E-state index contributed by atoms with van der Waals surface area (Å²) in [5.74, 6) is 0. The molecule has 1 aromatic carbocycles. The summed E-state index contributed by atoms with van der Waals surface area (Å²) >= 11 is 0. The highest BCUT2D eigenvalue weighted by Crippen LogP contribution is 2.17. The lowest BCUT2D eigenvalue weighted by molar-refractivity contribution is -0.166. The highest BCUT2D eigenvalue weighted by atomic mass is 19.4. The molecule has 0 aliphatic carbocycles. The molecule has 1 saturated heterocycles. The molecule has 2 rings (SSSR count). The molecule has 1 aliphatic rings. The van der Waals surface area contributed by atoms with Crippen molar-refractivity contribution in [2.75, 3.05) is 13.1 Å². The third-order valence-corrected chi connectivity index (χ3v) is 3.25. The van der Waals surface area contributed by atoms with Gasteiger partial charge in [-0.15, -0.1) is 0 Å². The van der Waals surface area contributed by atoms with E-state index in [0.29, 0.717) is 19.4 Å². The first-order valence-electron chi connectivity index (χ1n) is 6.74. The number of nitrogens with zero attached hydrogens (tertiary/aromatic N) is 1. The van der Waals surface area contributed by atoms with Gasteiger partial charge in [0.15, 0.2) is 0 Å². The van der Waals surface area contributed by atoms with E-state index >= 15 is 0 Å². The van der Waals surface area contributed by atoms with Gasteiger partial charge in [-0.1, -0.05) is 30.3 Å². The summed E-state index contributed by atoms with van der Waals surface area (Å²) in [6, 6.07) is 8.36. The number of hydrogen-bond donors (Lipinski definition) is 1. The third-order valence-electron chi connectivity index (χ3n) is 3.25. The number of piperidine rings is 1. The number of nitrogens with one attached hydrogen (secondary N) is 1. The van der Waals surface area contributed by atoms with Gasteiger partial charge >= 0.3 is 12.4 Å². The van der Waals surface area contributed by atoms with E-state index in [9.17, 15) is 18.0 Å². The maximum absolute atomic E-state index is 12.3. The second-order valence-corrected chi connectivity index (χ2v) is 4.97. The van der Waals surface area contributed by atoms with E-state index in [-0.39, 0.29) is 13.2 Å². The summed E-state index contributed by atoms with van der Waals surface area (Å²) in [4.78, 5) is 13.2. The molecule has 1 fully saturated rings. The Morgan fingerprint density at radius 1 is 1.33 bits per heavy atom. The minimum Gasteiger partial charge on any atom is -0.445 e. The first-order chi connectivity index (χ1) is 9.94. The second kappa shape index (κ2) is 6.80. The largest absolute Gasteiger partial charge is 0.457 e. The predicted molar refractivity (Wildman–Crippen MR) is 70.4 cm³/mol. The molecule has 0 aromatic heterocycles. The maximum atomic E-state index is 12.3. The van der Waals surface area contributed by atoms with Crippen LogP contribution in [0.15, 0.2) is 30.3 Å². The summed E-state index contributed by atoms with van der Waals surface area (Å²) in [5.41, 5.74) is 0.841. The first-order valence-corrected chi connectivity index (χ1v) is 6.74. The lowest BCUT2D eigenvalue weighted by atomic mass is 10.1. The van der Waals surface area contributed by atoms with E-state index in [2.05, 4.69) is 0 Å². The lowest BCUT2D eigenvalue weighted by Gasteiger charge is -2.32.